The Labute approximate surface area is 121 Å². The second-order valence-electron chi connectivity index (χ2n) is 3.99. The van der Waals surface area contributed by atoms with E-state index in [-0.39, 0.29) is 0 Å². The van der Waals surface area contributed by atoms with Crippen LogP contribution in [0.5, 0.6) is 11.5 Å². The van der Waals surface area contributed by atoms with E-state index in [2.05, 4.69) is 6.07 Å². The minimum atomic E-state index is 0.372. The summed E-state index contributed by atoms with van der Waals surface area (Å²) in [5.41, 5.74) is 7.65. The highest BCUT2D eigenvalue weighted by Gasteiger charge is 2.08. The summed E-state index contributed by atoms with van der Waals surface area (Å²) in [6, 6.07) is 10.4. The van der Waals surface area contributed by atoms with Gasteiger partial charge in [0.2, 0.25) is 0 Å². The highest BCUT2D eigenvalue weighted by Crippen LogP contribution is 2.35. The van der Waals surface area contributed by atoms with Gasteiger partial charge >= 0.3 is 0 Å². The van der Waals surface area contributed by atoms with Crippen LogP contribution in [0.1, 0.15) is 11.1 Å². The first-order valence-electron chi connectivity index (χ1n) is 5.44. The van der Waals surface area contributed by atoms with Crippen molar-refractivity contribution >= 4 is 28.9 Å². The summed E-state index contributed by atoms with van der Waals surface area (Å²) < 4.78 is 5.65. The summed E-state index contributed by atoms with van der Waals surface area (Å²) in [6.45, 7) is 1.84. The molecule has 19 heavy (non-hydrogen) atoms. The maximum Gasteiger partial charge on any atom is 0.151 e. The zero-order valence-electron chi connectivity index (χ0n) is 10.1. The van der Waals surface area contributed by atoms with E-state index in [1.165, 1.54) is 6.07 Å². The number of hydrogen-bond donors (Lipinski definition) is 1. The monoisotopic (exact) mass is 292 g/mol. The largest absolute Gasteiger partial charge is 0.455 e. The number of rotatable bonds is 2. The first kappa shape index (κ1) is 13.5. The maximum absolute atomic E-state index is 8.87. The van der Waals surface area contributed by atoms with Crippen LogP contribution in [0.4, 0.5) is 5.69 Å². The third kappa shape index (κ3) is 2.93. The van der Waals surface area contributed by atoms with Gasteiger partial charge in [-0.15, -0.1) is 0 Å². The Hall–Kier alpha value is -1.89. The second kappa shape index (κ2) is 5.40. The molecule has 0 saturated carbocycles. The fourth-order valence-electron chi connectivity index (χ4n) is 1.58. The zero-order chi connectivity index (χ0) is 14.0. The van der Waals surface area contributed by atoms with Crippen LogP contribution in [0.3, 0.4) is 0 Å². The first-order valence-corrected chi connectivity index (χ1v) is 6.20. The highest BCUT2D eigenvalue weighted by molar-refractivity contribution is 6.42. The molecule has 0 radical (unpaired) electrons. The van der Waals surface area contributed by atoms with E-state index >= 15 is 0 Å². The highest BCUT2D eigenvalue weighted by atomic mass is 35.5. The van der Waals surface area contributed by atoms with E-state index in [1.807, 2.05) is 6.92 Å². The van der Waals surface area contributed by atoms with E-state index < -0.39 is 0 Å². The van der Waals surface area contributed by atoms with Crippen LogP contribution >= 0.6 is 23.2 Å². The number of nitrogens with two attached hydrogens (primary N) is 1. The van der Waals surface area contributed by atoms with Crippen LogP contribution in [-0.4, -0.2) is 0 Å². The Balaban J connectivity index is 2.34. The SMILES string of the molecule is Cc1cc(Oc2cc(Cl)c(Cl)cc2N)ccc1C#N. The van der Waals surface area contributed by atoms with Crippen molar-refractivity contribution in [2.24, 2.45) is 0 Å². The number of nitrogen functional groups attached to an aromatic ring is 1. The number of hydrogen-bond acceptors (Lipinski definition) is 3. The molecule has 0 bridgehead atoms. The Kier molecular flexibility index (Phi) is 3.84. The Morgan fingerprint density at radius 1 is 1.16 bits per heavy atom. The van der Waals surface area contributed by atoms with Gasteiger partial charge in [0.15, 0.2) is 5.75 Å². The lowest BCUT2D eigenvalue weighted by Gasteiger charge is -2.10. The fraction of sp³-hybridized carbons (Fsp3) is 0.0714. The molecular formula is C14H10Cl2N2O. The lowest BCUT2D eigenvalue weighted by atomic mass is 10.1. The number of nitriles is 1. The summed E-state index contributed by atoms with van der Waals surface area (Å²) >= 11 is 11.8. The van der Waals surface area contributed by atoms with Gasteiger partial charge in [0, 0.05) is 6.07 Å². The number of halogens is 2. The smallest absolute Gasteiger partial charge is 0.151 e. The zero-order valence-corrected chi connectivity index (χ0v) is 11.6. The molecule has 0 spiro atoms. The van der Waals surface area contributed by atoms with E-state index in [4.69, 9.17) is 38.9 Å². The molecule has 0 heterocycles. The van der Waals surface area contributed by atoms with Crippen molar-refractivity contribution in [1.82, 2.24) is 0 Å². The quantitative estimate of drug-likeness (QED) is 0.826. The van der Waals surface area contributed by atoms with Gasteiger partial charge in [-0.2, -0.15) is 5.26 Å². The van der Waals surface area contributed by atoms with Crippen LogP contribution in [0.2, 0.25) is 10.0 Å². The summed E-state index contributed by atoms with van der Waals surface area (Å²) in [4.78, 5) is 0. The summed E-state index contributed by atoms with van der Waals surface area (Å²) in [7, 11) is 0. The minimum absolute atomic E-state index is 0.372. The van der Waals surface area contributed by atoms with Gasteiger partial charge in [-0.25, -0.2) is 0 Å². The molecule has 2 rings (SSSR count). The third-order valence-electron chi connectivity index (χ3n) is 2.60. The summed E-state index contributed by atoms with van der Waals surface area (Å²) in [6.07, 6.45) is 0. The van der Waals surface area contributed by atoms with Crippen molar-refractivity contribution in [3.63, 3.8) is 0 Å². The molecule has 3 nitrogen and oxygen atoms in total. The number of benzene rings is 2. The number of aryl methyl sites for hydroxylation is 1. The van der Waals surface area contributed by atoms with Crippen LogP contribution in [-0.2, 0) is 0 Å². The Bertz CT molecular complexity index is 678. The van der Waals surface area contributed by atoms with Crippen molar-refractivity contribution in [3.8, 4) is 17.6 Å². The molecule has 0 fully saturated rings. The van der Waals surface area contributed by atoms with Gasteiger partial charge in [-0.3, -0.25) is 0 Å². The molecule has 2 aromatic rings. The second-order valence-corrected chi connectivity index (χ2v) is 4.81. The predicted molar refractivity (Wildman–Crippen MR) is 76.8 cm³/mol. The molecule has 0 aliphatic heterocycles. The van der Waals surface area contributed by atoms with Crippen LogP contribution < -0.4 is 10.5 Å². The van der Waals surface area contributed by atoms with E-state index in [0.717, 1.165) is 5.56 Å². The van der Waals surface area contributed by atoms with E-state index in [0.29, 0.717) is 32.8 Å². The molecule has 0 aliphatic carbocycles. The third-order valence-corrected chi connectivity index (χ3v) is 3.32. The summed E-state index contributed by atoms with van der Waals surface area (Å²) in [5.74, 6) is 1.01. The van der Waals surface area contributed by atoms with Crippen molar-refractivity contribution in [1.29, 1.82) is 5.26 Å². The van der Waals surface area contributed by atoms with Crippen molar-refractivity contribution in [2.45, 2.75) is 6.92 Å². The van der Waals surface area contributed by atoms with Crippen LogP contribution in [0, 0.1) is 18.3 Å². The number of ether oxygens (including phenoxy) is 1. The van der Waals surface area contributed by atoms with Gasteiger partial charge in [-0.1, -0.05) is 23.2 Å². The van der Waals surface area contributed by atoms with Gasteiger partial charge < -0.3 is 10.5 Å². The topological polar surface area (TPSA) is 59.0 Å². The molecule has 0 saturated heterocycles. The summed E-state index contributed by atoms with van der Waals surface area (Å²) in [5, 5.41) is 9.62. The number of nitrogens with zero attached hydrogens (tertiary/aromatic N) is 1. The average Bonchev–Trinajstić information content (AvgIpc) is 2.36. The van der Waals surface area contributed by atoms with Gasteiger partial charge in [0.05, 0.1) is 27.4 Å². The lowest BCUT2D eigenvalue weighted by Crippen LogP contribution is -1.93. The van der Waals surface area contributed by atoms with Crippen LogP contribution in [0.25, 0.3) is 0 Å². The molecule has 0 atom stereocenters. The normalized spacial score (nSPS) is 10.0. The van der Waals surface area contributed by atoms with E-state index in [9.17, 15) is 0 Å². The van der Waals surface area contributed by atoms with Crippen molar-refractivity contribution in [3.05, 3.63) is 51.5 Å². The molecule has 2 aromatic carbocycles. The maximum atomic E-state index is 8.87. The fourth-order valence-corrected chi connectivity index (χ4v) is 1.91. The Morgan fingerprint density at radius 2 is 1.84 bits per heavy atom. The predicted octanol–water partition coefficient (Wildman–Crippen LogP) is 4.55. The van der Waals surface area contributed by atoms with Gasteiger partial charge in [0.1, 0.15) is 5.75 Å². The molecule has 0 unspecified atom stereocenters. The molecule has 96 valence electrons. The molecule has 0 aromatic heterocycles. The number of anilines is 1. The van der Waals surface area contributed by atoms with Gasteiger partial charge in [0.25, 0.3) is 0 Å². The average molecular weight is 293 g/mol. The first-order chi connectivity index (χ1) is 9.01. The van der Waals surface area contributed by atoms with Crippen LogP contribution in [0.15, 0.2) is 30.3 Å². The van der Waals surface area contributed by atoms with Crippen molar-refractivity contribution < 1.29 is 4.74 Å². The molecule has 2 N–H and O–H groups in total. The van der Waals surface area contributed by atoms with Gasteiger partial charge in [-0.05, 0) is 36.8 Å². The standard InChI is InChI=1S/C14H10Cl2N2O/c1-8-4-10(3-2-9(8)7-17)19-14-6-12(16)11(15)5-13(14)18/h2-6H,18H2,1H3. The molecule has 5 heteroatoms. The molecule has 0 aliphatic rings. The van der Waals surface area contributed by atoms with Crippen molar-refractivity contribution in [2.75, 3.05) is 5.73 Å². The Morgan fingerprint density at radius 3 is 2.47 bits per heavy atom. The molecule has 0 amide bonds. The van der Waals surface area contributed by atoms with E-state index in [1.54, 1.807) is 24.3 Å². The lowest BCUT2D eigenvalue weighted by molar-refractivity contribution is 0.484. The minimum Gasteiger partial charge on any atom is -0.455 e. The molecular weight excluding hydrogens is 283 g/mol.